The molecule has 166 valence electrons. The van der Waals surface area contributed by atoms with E-state index in [1.54, 1.807) is 30.3 Å². The summed E-state index contributed by atoms with van der Waals surface area (Å²) in [7, 11) is -3.60. The molecule has 10 heteroatoms. The summed E-state index contributed by atoms with van der Waals surface area (Å²) >= 11 is 6.04. The van der Waals surface area contributed by atoms with E-state index in [0.717, 1.165) is 12.7 Å². The SMILES string of the molecule is CCCNC(=O)c1ccccc1NC(=O)C1CCN(S(C)(=O)=O)c2cc(Cl)ccc2O1. The first kappa shape index (κ1) is 22.9. The number of amides is 2. The van der Waals surface area contributed by atoms with Crippen molar-refractivity contribution in [2.45, 2.75) is 25.9 Å². The Morgan fingerprint density at radius 2 is 1.97 bits per heavy atom. The second kappa shape index (κ2) is 9.57. The van der Waals surface area contributed by atoms with Crippen LogP contribution < -0.4 is 19.7 Å². The fourth-order valence-electron chi connectivity index (χ4n) is 3.22. The number of hydrogen-bond donors (Lipinski definition) is 2. The molecule has 1 unspecified atom stereocenters. The molecule has 0 aliphatic carbocycles. The Morgan fingerprint density at radius 3 is 2.68 bits per heavy atom. The Balaban J connectivity index is 1.84. The standard InChI is InChI=1S/C21H24ClN3O5S/c1-3-11-23-20(26)15-6-4-5-7-16(15)24-21(27)19-10-12-25(31(2,28)29)17-13-14(22)8-9-18(17)30-19/h4-9,13,19H,3,10-12H2,1-2H3,(H,23,26)(H,24,27). The molecule has 0 spiro atoms. The van der Waals surface area contributed by atoms with Crippen LogP contribution in [-0.2, 0) is 14.8 Å². The van der Waals surface area contributed by atoms with Gasteiger partial charge in [-0.2, -0.15) is 0 Å². The number of fused-ring (bicyclic) bond motifs is 1. The highest BCUT2D eigenvalue weighted by Crippen LogP contribution is 2.36. The monoisotopic (exact) mass is 465 g/mol. The lowest BCUT2D eigenvalue weighted by Gasteiger charge is -2.21. The summed E-state index contributed by atoms with van der Waals surface area (Å²) in [6.07, 6.45) is 1.04. The highest BCUT2D eigenvalue weighted by molar-refractivity contribution is 7.92. The minimum atomic E-state index is -3.60. The van der Waals surface area contributed by atoms with E-state index in [4.69, 9.17) is 16.3 Å². The zero-order chi connectivity index (χ0) is 22.6. The average Bonchev–Trinajstić information content (AvgIpc) is 2.91. The number of anilines is 2. The molecule has 2 aromatic carbocycles. The van der Waals surface area contributed by atoms with Gasteiger partial charge in [-0.15, -0.1) is 0 Å². The number of ether oxygens (including phenoxy) is 1. The molecule has 0 saturated carbocycles. The smallest absolute Gasteiger partial charge is 0.265 e. The lowest BCUT2D eigenvalue weighted by molar-refractivity contribution is -0.122. The van der Waals surface area contributed by atoms with Gasteiger partial charge in [0.25, 0.3) is 11.8 Å². The Kier molecular flexibility index (Phi) is 7.07. The third-order valence-electron chi connectivity index (χ3n) is 4.71. The molecule has 2 aromatic rings. The van der Waals surface area contributed by atoms with E-state index in [1.165, 1.54) is 16.4 Å². The number of benzene rings is 2. The highest BCUT2D eigenvalue weighted by Gasteiger charge is 2.31. The Bertz CT molecular complexity index is 1090. The molecule has 1 aliphatic heterocycles. The number of sulfonamides is 1. The van der Waals surface area contributed by atoms with Gasteiger partial charge in [0.15, 0.2) is 6.10 Å². The second-order valence-corrected chi connectivity index (χ2v) is 9.48. The molecule has 8 nitrogen and oxygen atoms in total. The van der Waals surface area contributed by atoms with Gasteiger partial charge in [-0.3, -0.25) is 13.9 Å². The van der Waals surface area contributed by atoms with E-state index in [-0.39, 0.29) is 30.3 Å². The third-order valence-corrected chi connectivity index (χ3v) is 6.13. The van der Waals surface area contributed by atoms with Crippen molar-refractivity contribution in [1.82, 2.24) is 5.32 Å². The summed E-state index contributed by atoms with van der Waals surface area (Å²) in [5.41, 5.74) is 0.970. The van der Waals surface area contributed by atoms with Gasteiger partial charge >= 0.3 is 0 Å². The van der Waals surface area contributed by atoms with Crippen LogP contribution in [0.5, 0.6) is 5.75 Å². The molecule has 1 atom stereocenters. The molecule has 0 bridgehead atoms. The first-order valence-corrected chi connectivity index (χ1v) is 12.1. The van der Waals surface area contributed by atoms with Crippen molar-refractivity contribution >= 4 is 44.8 Å². The highest BCUT2D eigenvalue weighted by atomic mass is 35.5. The van der Waals surface area contributed by atoms with Crippen LogP contribution in [0, 0.1) is 0 Å². The molecular weight excluding hydrogens is 442 g/mol. The van der Waals surface area contributed by atoms with E-state index in [2.05, 4.69) is 10.6 Å². The fraction of sp³-hybridized carbons (Fsp3) is 0.333. The number of nitrogens with zero attached hydrogens (tertiary/aromatic N) is 1. The predicted octanol–water partition coefficient (Wildman–Crippen LogP) is 3.04. The Labute approximate surface area is 186 Å². The van der Waals surface area contributed by atoms with Crippen LogP contribution in [0.25, 0.3) is 0 Å². The van der Waals surface area contributed by atoms with Crippen molar-refractivity contribution in [2.24, 2.45) is 0 Å². The van der Waals surface area contributed by atoms with Gasteiger partial charge in [-0.05, 0) is 36.8 Å². The normalized spacial score (nSPS) is 16.0. The molecule has 0 aromatic heterocycles. The van der Waals surface area contributed by atoms with E-state index in [0.29, 0.717) is 22.8 Å². The summed E-state index contributed by atoms with van der Waals surface area (Å²) in [5.74, 6) is -0.531. The van der Waals surface area contributed by atoms with Gasteiger partial charge < -0.3 is 15.4 Å². The van der Waals surface area contributed by atoms with Crippen LogP contribution in [0.15, 0.2) is 42.5 Å². The number of hydrogen-bond acceptors (Lipinski definition) is 5. The van der Waals surface area contributed by atoms with Crippen molar-refractivity contribution in [3.63, 3.8) is 0 Å². The zero-order valence-corrected chi connectivity index (χ0v) is 18.8. The average molecular weight is 466 g/mol. The van der Waals surface area contributed by atoms with Crippen molar-refractivity contribution < 1.29 is 22.7 Å². The van der Waals surface area contributed by atoms with Crippen LogP contribution >= 0.6 is 11.6 Å². The Morgan fingerprint density at radius 1 is 1.23 bits per heavy atom. The quantitative estimate of drug-likeness (QED) is 0.682. The van der Waals surface area contributed by atoms with Gasteiger partial charge in [-0.25, -0.2) is 8.42 Å². The van der Waals surface area contributed by atoms with Gasteiger partial charge in [0.2, 0.25) is 10.0 Å². The lowest BCUT2D eigenvalue weighted by Crippen LogP contribution is -2.36. The van der Waals surface area contributed by atoms with Gasteiger partial charge in [0.05, 0.1) is 23.2 Å². The number of carbonyl (C=O) groups excluding carboxylic acids is 2. The molecule has 2 amide bonds. The maximum Gasteiger partial charge on any atom is 0.265 e. The van der Waals surface area contributed by atoms with Crippen molar-refractivity contribution in [2.75, 3.05) is 29.0 Å². The van der Waals surface area contributed by atoms with Crippen LogP contribution in [-0.4, -0.2) is 45.7 Å². The van der Waals surface area contributed by atoms with Crippen LogP contribution in [0.1, 0.15) is 30.1 Å². The molecule has 2 N–H and O–H groups in total. The first-order valence-electron chi connectivity index (χ1n) is 9.82. The molecule has 0 radical (unpaired) electrons. The first-order chi connectivity index (χ1) is 14.7. The van der Waals surface area contributed by atoms with Crippen LogP contribution in [0.2, 0.25) is 5.02 Å². The fourth-order valence-corrected chi connectivity index (χ4v) is 4.32. The maximum atomic E-state index is 13.0. The van der Waals surface area contributed by atoms with Crippen molar-refractivity contribution in [3.05, 3.63) is 53.1 Å². The van der Waals surface area contributed by atoms with Crippen LogP contribution in [0.3, 0.4) is 0 Å². The minimum Gasteiger partial charge on any atom is -0.478 e. The molecule has 31 heavy (non-hydrogen) atoms. The molecule has 3 rings (SSSR count). The largest absolute Gasteiger partial charge is 0.478 e. The zero-order valence-electron chi connectivity index (χ0n) is 17.2. The van der Waals surface area contributed by atoms with E-state index in [1.807, 2.05) is 6.92 Å². The summed E-state index contributed by atoms with van der Waals surface area (Å²) in [4.78, 5) is 25.4. The predicted molar refractivity (Wildman–Crippen MR) is 120 cm³/mol. The number of para-hydroxylation sites is 1. The summed E-state index contributed by atoms with van der Waals surface area (Å²) in [5, 5.41) is 5.88. The lowest BCUT2D eigenvalue weighted by atomic mass is 10.1. The van der Waals surface area contributed by atoms with Gasteiger partial charge in [0.1, 0.15) is 5.75 Å². The van der Waals surface area contributed by atoms with Crippen molar-refractivity contribution in [1.29, 1.82) is 0 Å². The summed E-state index contributed by atoms with van der Waals surface area (Å²) in [6, 6.07) is 11.3. The molecule has 0 fully saturated rings. The van der Waals surface area contributed by atoms with E-state index >= 15 is 0 Å². The van der Waals surface area contributed by atoms with E-state index < -0.39 is 22.0 Å². The van der Waals surface area contributed by atoms with Crippen LogP contribution in [0.4, 0.5) is 11.4 Å². The number of nitrogens with one attached hydrogen (secondary N) is 2. The Hall–Kier alpha value is -2.78. The summed E-state index contributed by atoms with van der Waals surface area (Å²) in [6.45, 7) is 2.51. The molecular formula is C21H24ClN3O5S. The number of rotatable bonds is 6. The molecule has 0 saturated heterocycles. The number of halogens is 1. The third kappa shape index (κ3) is 5.48. The maximum absolute atomic E-state index is 13.0. The summed E-state index contributed by atoms with van der Waals surface area (Å²) < 4.78 is 31.6. The number of carbonyl (C=O) groups is 2. The van der Waals surface area contributed by atoms with Crippen molar-refractivity contribution in [3.8, 4) is 5.75 Å². The van der Waals surface area contributed by atoms with Gasteiger partial charge in [-0.1, -0.05) is 30.7 Å². The van der Waals surface area contributed by atoms with E-state index in [9.17, 15) is 18.0 Å². The molecule has 1 heterocycles. The minimum absolute atomic E-state index is 0.0445. The topological polar surface area (TPSA) is 105 Å². The molecule has 1 aliphatic rings. The second-order valence-electron chi connectivity index (χ2n) is 7.13. The van der Waals surface area contributed by atoms with Gasteiger partial charge in [0, 0.05) is 24.5 Å².